The van der Waals surface area contributed by atoms with Crippen LogP contribution < -0.4 is 10.5 Å². The second-order valence-corrected chi connectivity index (χ2v) is 6.15. The van der Waals surface area contributed by atoms with Gasteiger partial charge in [-0.05, 0) is 23.6 Å². The smallest absolute Gasteiger partial charge is 0.137 e. The molecule has 2 rings (SSSR count). The Labute approximate surface area is 125 Å². The van der Waals surface area contributed by atoms with Crippen LogP contribution in [0.15, 0.2) is 48.5 Å². The zero-order chi connectivity index (χ0) is 14.8. The van der Waals surface area contributed by atoms with E-state index in [1.807, 2.05) is 42.5 Å². The van der Waals surface area contributed by atoms with Crippen molar-refractivity contribution in [3.63, 3.8) is 0 Å². The number of hydrogen-bond donors (Lipinski definition) is 1. The molecule has 0 heterocycles. The molecule has 0 aliphatic carbocycles. The van der Waals surface area contributed by atoms with Crippen LogP contribution in [0, 0.1) is 0 Å². The minimum atomic E-state index is 0.00869. The Morgan fingerprint density at radius 2 is 1.50 bits per heavy atom. The zero-order valence-electron chi connectivity index (χ0n) is 12.0. The number of benzene rings is 2. The summed E-state index contributed by atoms with van der Waals surface area (Å²) < 4.78 is 6.06. The molecule has 0 unspecified atom stereocenters. The molecular weight excluding hydrogens is 266 g/mol. The molecule has 0 amide bonds. The molecule has 0 atom stereocenters. The first-order valence-electron chi connectivity index (χ1n) is 6.56. The van der Waals surface area contributed by atoms with Gasteiger partial charge in [-0.25, -0.2) is 0 Å². The van der Waals surface area contributed by atoms with Crippen molar-refractivity contribution in [2.75, 3.05) is 0 Å². The fourth-order valence-electron chi connectivity index (χ4n) is 2.05. The summed E-state index contributed by atoms with van der Waals surface area (Å²) >= 11 is 5.07. The van der Waals surface area contributed by atoms with E-state index >= 15 is 0 Å². The Kier molecular flexibility index (Phi) is 4.09. The van der Waals surface area contributed by atoms with Crippen molar-refractivity contribution < 1.29 is 4.74 Å². The summed E-state index contributed by atoms with van der Waals surface area (Å²) in [6, 6.07) is 15.6. The summed E-state index contributed by atoms with van der Waals surface area (Å²) in [5, 5.41) is 0. The molecule has 0 bridgehead atoms. The first kappa shape index (κ1) is 14.5. The van der Waals surface area contributed by atoms with Gasteiger partial charge >= 0.3 is 0 Å². The van der Waals surface area contributed by atoms with Crippen molar-refractivity contribution in [2.45, 2.75) is 26.2 Å². The molecule has 0 saturated carbocycles. The molecule has 2 nitrogen and oxygen atoms in total. The van der Waals surface area contributed by atoms with Crippen LogP contribution in [-0.2, 0) is 5.41 Å². The van der Waals surface area contributed by atoms with E-state index in [4.69, 9.17) is 22.7 Å². The summed E-state index contributed by atoms with van der Waals surface area (Å²) in [5.41, 5.74) is 7.66. The molecule has 104 valence electrons. The highest BCUT2D eigenvalue weighted by Crippen LogP contribution is 2.34. The molecule has 0 aliphatic rings. The van der Waals surface area contributed by atoms with E-state index in [9.17, 15) is 0 Å². The van der Waals surface area contributed by atoms with Crippen LogP contribution in [0.2, 0.25) is 0 Å². The predicted molar refractivity (Wildman–Crippen MR) is 87.5 cm³/mol. The maximum absolute atomic E-state index is 6.06. The lowest BCUT2D eigenvalue weighted by molar-refractivity contribution is 0.454. The van der Waals surface area contributed by atoms with Gasteiger partial charge in [0.15, 0.2) is 0 Å². The lowest BCUT2D eigenvalue weighted by atomic mass is 9.86. The standard InChI is InChI=1S/C17H19NOS/c1-17(2,3)13-9-5-7-11-15(13)19-14-10-6-4-8-12(14)16(18)20/h4-11H,1-3H3,(H2,18,20). The third-order valence-electron chi connectivity index (χ3n) is 3.07. The van der Waals surface area contributed by atoms with Gasteiger partial charge in [0.2, 0.25) is 0 Å². The predicted octanol–water partition coefficient (Wildman–Crippen LogP) is 4.41. The first-order valence-corrected chi connectivity index (χ1v) is 6.96. The van der Waals surface area contributed by atoms with Crippen LogP contribution in [0.4, 0.5) is 0 Å². The van der Waals surface area contributed by atoms with Crippen LogP contribution in [-0.4, -0.2) is 4.99 Å². The van der Waals surface area contributed by atoms with E-state index < -0.39 is 0 Å². The van der Waals surface area contributed by atoms with Crippen molar-refractivity contribution in [3.05, 3.63) is 59.7 Å². The highest BCUT2D eigenvalue weighted by molar-refractivity contribution is 7.80. The van der Waals surface area contributed by atoms with Crippen molar-refractivity contribution >= 4 is 17.2 Å². The van der Waals surface area contributed by atoms with E-state index in [0.29, 0.717) is 10.7 Å². The van der Waals surface area contributed by atoms with Gasteiger partial charge in [0, 0.05) is 5.56 Å². The van der Waals surface area contributed by atoms with Gasteiger partial charge in [0.25, 0.3) is 0 Å². The topological polar surface area (TPSA) is 35.2 Å². The van der Waals surface area contributed by atoms with Crippen LogP contribution in [0.1, 0.15) is 31.9 Å². The van der Waals surface area contributed by atoms with Gasteiger partial charge in [0.1, 0.15) is 16.5 Å². The quantitative estimate of drug-likeness (QED) is 0.848. The molecule has 2 aromatic rings. The Morgan fingerprint density at radius 1 is 0.950 bits per heavy atom. The van der Waals surface area contributed by atoms with E-state index in [1.165, 1.54) is 0 Å². The van der Waals surface area contributed by atoms with Crippen molar-refractivity contribution in [1.29, 1.82) is 0 Å². The number of thiocarbonyl (C=S) groups is 1. The normalized spacial score (nSPS) is 11.2. The Bertz CT molecular complexity index is 629. The minimum Gasteiger partial charge on any atom is -0.456 e. The van der Waals surface area contributed by atoms with Crippen molar-refractivity contribution in [3.8, 4) is 11.5 Å². The maximum atomic E-state index is 6.06. The van der Waals surface area contributed by atoms with Gasteiger partial charge in [-0.1, -0.05) is 63.3 Å². The van der Waals surface area contributed by atoms with Crippen LogP contribution in [0.25, 0.3) is 0 Å². The fraction of sp³-hybridized carbons (Fsp3) is 0.235. The van der Waals surface area contributed by atoms with Gasteiger partial charge in [-0.15, -0.1) is 0 Å². The monoisotopic (exact) mass is 285 g/mol. The maximum Gasteiger partial charge on any atom is 0.137 e. The second kappa shape index (κ2) is 5.63. The average Bonchev–Trinajstić information content (AvgIpc) is 2.38. The molecule has 0 spiro atoms. The van der Waals surface area contributed by atoms with E-state index in [0.717, 1.165) is 16.9 Å². The number of hydrogen-bond acceptors (Lipinski definition) is 2. The lowest BCUT2D eigenvalue weighted by Gasteiger charge is -2.23. The summed E-state index contributed by atoms with van der Waals surface area (Å²) in [6.45, 7) is 6.48. The average molecular weight is 285 g/mol. The van der Waals surface area contributed by atoms with Crippen molar-refractivity contribution in [1.82, 2.24) is 0 Å². The number of nitrogens with two attached hydrogens (primary N) is 1. The molecule has 3 heteroatoms. The summed E-state index contributed by atoms with van der Waals surface area (Å²) in [5.74, 6) is 1.53. The van der Waals surface area contributed by atoms with Crippen LogP contribution in [0.5, 0.6) is 11.5 Å². The van der Waals surface area contributed by atoms with Crippen LogP contribution in [0.3, 0.4) is 0 Å². The second-order valence-electron chi connectivity index (χ2n) is 5.71. The third-order valence-corrected chi connectivity index (χ3v) is 3.29. The minimum absolute atomic E-state index is 0.00869. The first-order chi connectivity index (χ1) is 9.39. The van der Waals surface area contributed by atoms with Gasteiger partial charge < -0.3 is 10.5 Å². The zero-order valence-corrected chi connectivity index (χ0v) is 12.8. The Morgan fingerprint density at radius 3 is 2.10 bits per heavy atom. The van der Waals surface area contributed by atoms with E-state index in [2.05, 4.69) is 26.8 Å². The highest BCUT2D eigenvalue weighted by Gasteiger charge is 2.19. The molecule has 0 radical (unpaired) electrons. The molecule has 2 aromatic carbocycles. The molecule has 0 fully saturated rings. The summed E-state index contributed by atoms with van der Waals surface area (Å²) in [7, 11) is 0. The SMILES string of the molecule is CC(C)(C)c1ccccc1Oc1ccccc1C(N)=S. The largest absolute Gasteiger partial charge is 0.456 e. The molecule has 20 heavy (non-hydrogen) atoms. The molecular formula is C17H19NOS. The fourth-order valence-corrected chi connectivity index (χ4v) is 2.22. The van der Waals surface area contributed by atoms with Crippen molar-refractivity contribution in [2.24, 2.45) is 5.73 Å². The lowest BCUT2D eigenvalue weighted by Crippen LogP contribution is -2.14. The molecule has 0 aliphatic heterocycles. The van der Waals surface area contributed by atoms with Crippen LogP contribution >= 0.6 is 12.2 Å². The summed E-state index contributed by atoms with van der Waals surface area (Å²) in [6.07, 6.45) is 0. The number of rotatable bonds is 3. The Balaban J connectivity index is 2.44. The molecule has 0 aromatic heterocycles. The molecule has 2 N–H and O–H groups in total. The number of ether oxygens (including phenoxy) is 1. The Hall–Kier alpha value is -1.87. The molecule has 0 saturated heterocycles. The van der Waals surface area contributed by atoms with Gasteiger partial charge in [-0.3, -0.25) is 0 Å². The highest BCUT2D eigenvalue weighted by atomic mass is 32.1. The third kappa shape index (κ3) is 3.17. The van der Waals surface area contributed by atoms with Gasteiger partial charge in [0.05, 0.1) is 5.56 Å². The number of para-hydroxylation sites is 2. The van der Waals surface area contributed by atoms with Gasteiger partial charge in [-0.2, -0.15) is 0 Å². The van der Waals surface area contributed by atoms with E-state index in [-0.39, 0.29) is 5.41 Å². The van der Waals surface area contributed by atoms with E-state index in [1.54, 1.807) is 0 Å². The summed E-state index contributed by atoms with van der Waals surface area (Å²) in [4.78, 5) is 0.342.